The van der Waals surface area contributed by atoms with Crippen LogP contribution in [0.1, 0.15) is 33.5 Å². The molecule has 1 aromatic rings. The van der Waals surface area contributed by atoms with Crippen molar-refractivity contribution >= 4 is 10.1 Å². The maximum Gasteiger partial charge on any atom is 0.296 e. The molecule has 0 amide bonds. The van der Waals surface area contributed by atoms with E-state index in [9.17, 15) is 8.42 Å². The van der Waals surface area contributed by atoms with E-state index < -0.39 is 29.4 Å². The highest BCUT2D eigenvalue weighted by Crippen LogP contribution is 2.13. The van der Waals surface area contributed by atoms with Gasteiger partial charge in [-0.15, -0.1) is 0 Å². The molecule has 0 radical (unpaired) electrons. The molecule has 1 aromatic carbocycles. The molecule has 3 nitrogen and oxygen atoms in total. The van der Waals surface area contributed by atoms with E-state index in [4.69, 9.17) is 8.22 Å². The van der Waals surface area contributed by atoms with Crippen molar-refractivity contribution in [2.24, 2.45) is 0 Å². The second-order valence-electron chi connectivity index (χ2n) is 2.83. The molecule has 0 aromatic heterocycles. The number of aryl methyl sites for hydroxylation is 1. The Hall–Kier alpha value is -0.870. The summed E-state index contributed by atoms with van der Waals surface area (Å²) in [7, 11) is -4.56. The first kappa shape index (κ1) is 6.01. The van der Waals surface area contributed by atoms with Crippen molar-refractivity contribution in [1.82, 2.24) is 0 Å². The van der Waals surface area contributed by atoms with Crippen LogP contribution in [0.2, 0.25) is 0 Å². The molecular weight excluding hydrogens is 212 g/mol. The van der Waals surface area contributed by atoms with Gasteiger partial charge in [0.25, 0.3) is 10.1 Å². The van der Waals surface area contributed by atoms with Crippen LogP contribution in [0.4, 0.5) is 0 Å². The van der Waals surface area contributed by atoms with Gasteiger partial charge in [-0.3, -0.25) is 4.18 Å². The summed E-state index contributed by atoms with van der Waals surface area (Å²) in [5.74, 6) is 0. The predicted molar refractivity (Wildman–Crippen MR) is 59.2 cm³/mol. The quantitative estimate of drug-likeness (QED) is 0.735. The first-order valence-electron chi connectivity index (χ1n) is 7.23. The Bertz CT molecular complexity index is 604. The van der Waals surface area contributed by atoms with E-state index in [1.165, 1.54) is 24.3 Å². The third-order valence-corrected chi connectivity index (χ3v) is 2.79. The molecule has 1 rings (SSSR count). The van der Waals surface area contributed by atoms with Crippen molar-refractivity contribution in [2.75, 3.05) is 6.56 Å². The van der Waals surface area contributed by atoms with Gasteiger partial charge >= 0.3 is 0 Å². The van der Waals surface area contributed by atoms with Gasteiger partial charge in [0.05, 0.1) is 14.2 Å². The summed E-state index contributed by atoms with van der Waals surface area (Å²) < 4.78 is 72.8. The van der Waals surface area contributed by atoms with E-state index in [-0.39, 0.29) is 4.90 Å². The number of benzene rings is 1. The van der Waals surface area contributed by atoms with Crippen molar-refractivity contribution < 1.29 is 20.8 Å². The first-order valence-corrected chi connectivity index (χ1v) is 5.64. The van der Waals surface area contributed by atoms with E-state index in [0.717, 1.165) is 12.5 Å². The highest BCUT2D eigenvalue weighted by Gasteiger charge is 2.13. The molecule has 15 heavy (non-hydrogen) atoms. The van der Waals surface area contributed by atoms with Gasteiger partial charge in [-0.1, -0.05) is 31.0 Å². The zero-order valence-corrected chi connectivity index (χ0v) is 9.26. The molecule has 0 aliphatic carbocycles. The Morgan fingerprint density at radius 2 is 1.93 bits per heavy atom. The van der Waals surface area contributed by atoms with Crippen LogP contribution in [-0.2, 0) is 14.3 Å². The average molecular weight is 234 g/mol. The summed E-state index contributed by atoms with van der Waals surface area (Å²) in [5.41, 5.74) is 0.789. The fourth-order valence-corrected chi connectivity index (χ4v) is 1.60. The Balaban J connectivity index is 3.16. The molecule has 0 spiro atoms. The van der Waals surface area contributed by atoms with Crippen molar-refractivity contribution in [3.05, 3.63) is 29.8 Å². The summed E-state index contributed by atoms with van der Waals surface area (Å²) in [6, 6.07) is 5.38. The third kappa shape index (κ3) is 3.64. The number of hydrogen-bond donors (Lipinski definition) is 0. The maximum absolute atomic E-state index is 12.0. The SMILES string of the molecule is [2H]C([2H])(C)C([2H])([2H])C([2H])([2H])OS(=O)(=O)c1ccc(C)cc1. The molecule has 0 heterocycles. The normalized spacial score (nSPS) is 20.4. The molecule has 0 saturated carbocycles. The zero-order valence-electron chi connectivity index (χ0n) is 14.4. The summed E-state index contributed by atoms with van der Waals surface area (Å²) in [4.78, 5) is -0.329. The standard InChI is InChI=1S/C11H16O3S/c1-3-4-9-14-15(12,13)11-7-5-10(2)6-8-11/h5-8H,3-4,9H2,1-2H3/i3D2,4D2,9D2. The molecule has 0 aliphatic heterocycles. The molecule has 0 N–H and O–H groups in total. The van der Waals surface area contributed by atoms with Crippen molar-refractivity contribution in [1.29, 1.82) is 0 Å². The molecule has 0 saturated heterocycles. The van der Waals surface area contributed by atoms with Crippen LogP contribution in [0, 0.1) is 6.92 Å². The van der Waals surface area contributed by atoms with E-state index in [0.29, 0.717) is 0 Å². The molecule has 4 heteroatoms. The number of hydrogen-bond acceptors (Lipinski definition) is 3. The molecule has 0 atom stereocenters. The molecule has 0 bridgehead atoms. The lowest BCUT2D eigenvalue weighted by molar-refractivity contribution is 0.311. The first-order chi connectivity index (χ1) is 9.21. The summed E-state index contributed by atoms with van der Waals surface area (Å²) in [6.45, 7) is -0.817. The third-order valence-electron chi connectivity index (χ3n) is 1.64. The van der Waals surface area contributed by atoms with Crippen LogP contribution in [0.25, 0.3) is 0 Å². The summed E-state index contributed by atoms with van der Waals surface area (Å²) in [5, 5.41) is 0. The van der Waals surface area contributed by atoms with Gasteiger partial charge in [-0.25, -0.2) is 0 Å². The molecule has 0 unspecified atom stereocenters. The minimum atomic E-state index is -4.56. The second-order valence-corrected chi connectivity index (χ2v) is 4.37. The fraction of sp³-hybridized carbons (Fsp3) is 0.455. The minimum Gasteiger partial charge on any atom is -0.266 e. The monoisotopic (exact) mass is 234 g/mol. The summed E-state index contributed by atoms with van der Waals surface area (Å²) >= 11 is 0. The van der Waals surface area contributed by atoms with Crippen LogP contribution in [0.5, 0.6) is 0 Å². The maximum atomic E-state index is 12.0. The van der Waals surface area contributed by atoms with E-state index >= 15 is 0 Å². The van der Waals surface area contributed by atoms with Crippen LogP contribution in [0.3, 0.4) is 0 Å². The van der Waals surface area contributed by atoms with Crippen molar-refractivity contribution in [3.8, 4) is 0 Å². The summed E-state index contributed by atoms with van der Waals surface area (Å²) in [6.07, 6.45) is -5.81. The van der Waals surface area contributed by atoms with Crippen LogP contribution in [-0.4, -0.2) is 15.0 Å². The van der Waals surface area contributed by atoms with E-state index in [2.05, 4.69) is 4.18 Å². The molecule has 0 fully saturated rings. The van der Waals surface area contributed by atoms with Gasteiger partial charge in [0.1, 0.15) is 0 Å². The van der Waals surface area contributed by atoms with Crippen LogP contribution >= 0.6 is 0 Å². The van der Waals surface area contributed by atoms with Gasteiger partial charge in [0.2, 0.25) is 0 Å². The molecule has 84 valence electrons. The largest absolute Gasteiger partial charge is 0.296 e. The second kappa shape index (κ2) is 5.28. The van der Waals surface area contributed by atoms with Crippen molar-refractivity contribution in [3.63, 3.8) is 0 Å². The minimum absolute atomic E-state index is 0.329. The van der Waals surface area contributed by atoms with Crippen molar-refractivity contribution in [2.45, 2.75) is 31.5 Å². The Morgan fingerprint density at radius 3 is 2.47 bits per heavy atom. The van der Waals surface area contributed by atoms with E-state index in [1.54, 1.807) is 6.92 Å². The predicted octanol–water partition coefficient (Wildman–Crippen LogP) is 2.50. The van der Waals surface area contributed by atoms with Gasteiger partial charge in [0, 0.05) is 5.48 Å². The van der Waals surface area contributed by atoms with Gasteiger partial charge < -0.3 is 0 Å². The topological polar surface area (TPSA) is 43.4 Å². The average Bonchev–Trinajstić information content (AvgIpc) is 2.26. The van der Waals surface area contributed by atoms with Gasteiger partial charge in [-0.05, 0) is 25.4 Å². The Labute approximate surface area is 99.6 Å². The number of rotatable bonds is 5. The highest BCUT2D eigenvalue weighted by atomic mass is 32.2. The lowest BCUT2D eigenvalue weighted by Crippen LogP contribution is -2.07. The lowest BCUT2D eigenvalue weighted by atomic mass is 10.2. The van der Waals surface area contributed by atoms with E-state index in [1.807, 2.05) is 0 Å². The zero-order chi connectivity index (χ0) is 16.7. The molecule has 0 aliphatic rings. The fourth-order valence-electron chi connectivity index (χ4n) is 0.880. The lowest BCUT2D eigenvalue weighted by Gasteiger charge is -2.04. The smallest absolute Gasteiger partial charge is 0.266 e. The highest BCUT2D eigenvalue weighted by molar-refractivity contribution is 7.86. The van der Waals surface area contributed by atoms with Gasteiger partial charge in [-0.2, -0.15) is 8.42 Å². The molecular formula is C11H16O3S. The van der Waals surface area contributed by atoms with Crippen LogP contribution in [0.15, 0.2) is 29.2 Å². The Kier molecular flexibility index (Phi) is 2.12. The van der Waals surface area contributed by atoms with Gasteiger partial charge in [0.15, 0.2) is 0 Å². The van der Waals surface area contributed by atoms with Crippen LogP contribution < -0.4 is 0 Å². The Morgan fingerprint density at radius 1 is 1.33 bits per heavy atom.